The molecule has 2 aromatic heterocycles. The van der Waals surface area contributed by atoms with Crippen LogP contribution in [0.2, 0.25) is 0 Å². The van der Waals surface area contributed by atoms with Crippen molar-refractivity contribution in [3.8, 4) is 62.1 Å². The number of rotatable bonds is 10. The van der Waals surface area contributed by atoms with Gasteiger partial charge in [-0.2, -0.15) is 9.97 Å². The Morgan fingerprint density at radius 2 is 1.11 bits per heavy atom. The molecule has 4 fully saturated rings. The Labute approximate surface area is 485 Å². The Balaban J connectivity index is 0.785. The minimum absolute atomic E-state index is 0.468. The first kappa shape index (κ1) is 50.3. The lowest BCUT2D eigenvalue weighted by Crippen LogP contribution is -2.53. The number of nitrogens with zero attached hydrogens (tertiary/aromatic N) is 4. The van der Waals surface area contributed by atoms with E-state index in [1.165, 1.54) is 155 Å². The fourth-order valence-corrected chi connectivity index (χ4v) is 19.0. The Morgan fingerprint density at radius 1 is 0.500 bits per heavy atom. The summed E-state index contributed by atoms with van der Waals surface area (Å²) in [7, 11) is 0. The quantitative estimate of drug-likeness (QED) is 0.128. The van der Waals surface area contributed by atoms with E-state index in [1.807, 2.05) is 0 Å². The molecule has 2 heterocycles. The van der Waals surface area contributed by atoms with Crippen LogP contribution in [0.5, 0.6) is 0 Å². The van der Waals surface area contributed by atoms with Crippen molar-refractivity contribution in [1.82, 2.24) is 19.5 Å². The van der Waals surface area contributed by atoms with Crippen molar-refractivity contribution < 1.29 is 0 Å². The highest BCUT2D eigenvalue weighted by molar-refractivity contribution is 6.17. The van der Waals surface area contributed by atoms with Gasteiger partial charge in [-0.05, 0) is 184 Å². The molecule has 408 valence electrons. The molecule has 4 heteroatoms. The third-order valence-corrected chi connectivity index (χ3v) is 22.9. The highest BCUT2D eigenvalue weighted by Crippen LogP contribution is 2.69. The molecule has 4 saturated carbocycles. The lowest BCUT2D eigenvalue weighted by molar-refractivity contribution is -0.114. The number of benzene rings is 8. The highest BCUT2D eigenvalue weighted by Gasteiger charge is 2.60. The molecule has 8 unspecified atom stereocenters. The van der Waals surface area contributed by atoms with Gasteiger partial charge in [0.2, 0.25) is 5.95 Å². The van der Waals surface area contributed by atoms with E-state index in [1.54, 1.807) is 0 Å². The molecule has 82 heavy (non-hydrogen) atoms. The molecule has 0 saturated heterocycles. The van der Waals surface area contributed by atoms with Crippen LogP contribution in [0.15, 0.2) is 188 Å². The summed E-state index contributed by atoms with van der Waals surface area (Å²) in [5.74, 6) is 7.94. The zero-order valence-corrected chi connectivity index (χ0v) is 48.4. The van der Waals surface area contributed by atoms with Crippen LogP contribution in [-0.4, -0.2) is 19.5 Å². The molecular weight excluding hydrogens is 993 g/mol. The largest absolute Gasteiger partial charge is 0.277 e. The van der Waals surface area contributed by atoms with Gasteiger partial charge in [-0.25, -0.2) is 4.98 Å². The first-order chi connectivity index (χ1) is 40.2. The Morgan fingerprint density at radius 3 is 1.82 bits per heavy atom. The standard InChI is InChI=1S/C78H76N4/c1-49(2)19-11-12-24-56-37-40-64-61-38-36-57-47-55(43-45-77(57,4)65(61)44-46-76(56,64)3)51-31-33-53(34-32-51)74-79-73(52-22-9-6-10-23-52)80-75(81-74)82-70-42-35-54(50-20-7-5-8-21-50)48-63(70)60-39-41-69-71(72(60)82)62-27-15-18-30-68(62)78(69)66-28-16-13-25-58(66)59-26-14-17-29-67(59)78/h5-10,13-18,20-23,25-35,39,41-42,48-49,55-57,61,64-65H,11-12,19,24,36-38,40,43-47H2,1-4H3. The van der Waals surface area contributed by atoms with Gasteiger partial charge in [-0.1, -0.05) is 223 Å². The van der Waals surface area contributed by atoms with Gasteiger partial charge in [-0.3, -0.25) is 4.57 Å². The maximum Gasteiger partial charge on any atom is 0.238 e. The number of fused-ring (bicyclic) bond motifs is 19. The molecule has 10 aromatic rings. The minimum atomic E-state index is -0.495. The maximum absolute atomic E-state index is 5.64. The maximum atomic E-state index is 5.64. The summed E-state index contributed by atoms with van der Waals surface area (Å²) in [4.78, 5) is 16.6. The second-order valence-corrected chi connectivity index (χ2v) is 27.1. The van der Waals surface area contributed by atoms with E-state index in [0.29, 0.717) is 34.3 Å². The summed E-state index contributed by atoms with van der Waals surface area (Å²) in [6.45, 7) is 10.3. The topological polar surface area (TPSA) is 43.6 Å². The molecule has 0 bridgehead atoms. The molecule has 1 spiro atoms. The summed E-state index contributed by atoms with van der Waals surface area (Å²) < 4.78 is 2.38. The molecule has 8 aromatic carbocycles. The van der Waals surface area contributed by atoms with Crippen molar-refractivity contribution in [1.29, 1.82) is 0 Å². The van der Waals surface area contributed by atoms with Crippen LogP contribution in [0.1, 0.15) is 145 Å². The van der Waals surface area contributed by atoms with E-state index in [2.05, 4.69) is 220 Å². The van der Waals surface area contributed by atoms with Crippen LogP contribution in [0.25, 0.3) is 83.9 Å². The molecule has 8 atom stereocenters. The number of hydrogen-bond donors (Lipinski definition) is 0. The Hall–Kier alpha value is -7.43. The molecule has 0 N–H and O–H groups in total. The minimum Gasteiger partial charge on any atom is -0.277 e. The Bertz CT molecular complexity index is 4050. The molecule has 6 aliphatic carbocycles. The van der Waals surface area contributed by atoms with E-state index in [-0.39, 0.29) is 0 Å². The highest BCUT2D eigenvalue weighted by atomic mass is 15.2. The van der Waals surface area contributed by atoms with E-state index in [0.717, 1.165) is 57.7 Å². The summed E-state index contributed by atoms with van der Waals surface area (Å²) in [6.07, 6.45) is 18.5. The van der Waals surface area contributed by atoms with Gasteiger partial charge in [0.25, 0.3) is 0 Å². The van der Waals surface area contributed by atoms with Crippen molar-refractivity contribution in [3.05, 3.63) is 216 Å². The van der Waals surface area contributed by atoms with E-state index >= 15 is 0 Å². The van der Waals surface area contributed by atoms with Crippen LogP contribution >= 0.6 is 0 Å². The zero-order valence-electron chi connectivity index (χ0n) is 48.4. The second kappa shape index (κ2) is 19.3. The fourth-order valence-electron chi connectivity index (χ4n) is 19.0. The normalized spacial score (nSPS) is 25.4. The molecule has 4 nitrogen and oxygen atoms in total. The predicted octanol–water partition coefficient (Wildman–Crippen LogP) is 20.3. The van der Waals surface area contributed by atoms with E-state index in [4.69, 9.17) is 15.0 Å². The summed E-state index contributed by atoms with van der Waals surface area (Å²) in [5, 5.41) is 2.35. The number of unbranched alkanes of at least 4 members (excludes halogenated alkanes) is 1. The van der Waals surface area contributed by atoms with E-state index < -0.39 is 5.41 Å². The molecule has 16 rings (SSSR count). The van der Waals surface area contributed by atoms with Crippen molar-refractivity contribution in [3.63, 3.8) is 0 Å². The average molecular weight is 1070 g/mol. The van der Waals surface area contributed by atoms with Crippen LogP contribution in [0.4, 0.5) is 0 Å². The monoisotopic (exact) mass is 1070 g/mol. The van der Waals surface area contributed by atoms with Crippen molar-refractivity contribution >= 4 is 21.8 Å². The molecule has 6 aliphatic rings. The van der Waals surface area contributed by atoms with Crippen LogP contribution in [0, 0.1) is 46.3 Å². The van der Waals surface area contributed by atoms with Crippen molar-refractivity contribution in [2.75, 3.05) is 0 Å². The van der Waals surface area contributed by atoms with Gasteiger partial charge in [0.15, 0.2) is 11.6 Å². The number of aromatic nitrogens is 4. The lowest BCUT2D eigenvalue weighted by atomic mass is 9.44. The van der Waals surface area contributed by atoms with Gasteiger partial charge in [-0.15, -0.1) is 0 Å². The smallest absolute Gasteiger partial charge is 0.238 e. The van der Waals surface area contributed by atoms with Gasteiger partial charge in [0, 0.05) is 27.5 Å². The second-order valence-electron chi connectivity index (χ2n) is 27.1. The van der Waals surface area contributed by atoms with Gasteiger partial charge in [0.05, 0.1) is 16.4 Å². The predicted molar refractivity (Wildman–Crippen MR) is 338 cm³/mol. The van der Waals surface area contributed by atoms with Crippen LogP contribution in [0.3, 0.4) is 0 Å². The van der Waals surface area contributed by atoms with Crippen molar-refractivity contribution in [2.45, 2.75) is 122 Å². The number of hydrogen-bond acceptors (Lipinski definition) is 3. The van der Waals surface area contributed by atoms with Crippen LogP contribution < -0.4 is 0 Å². The summed E-state index contributed by atoms with van der Waals surface area (Å²) >= 11 is 0. The summed E-state index contributed by atoms with van der Waals surface area (Å²) in [5.41, 5.74) is 18.9. The van der Waals surface area contributed by atoms with Crippen molar-refractivity contribution in [2.24, 2.45) is 46.3 Å². The SMILES string of the molecule is CC(C)CCCCC1CCC2C3CCC4CC(c5ccc(-c6nc(-c7ccccc7)nc(-n7c8ccc(-c9ccccc9)cc8c8ccc9c(c87)-c7ccccc7C97c8ccccc8-c8ccccc87)n6)cc5)CCC4(C)C3CCC12C. The third kappa shape index (κ3) is 7.50. The summed E-state index contributed by atoms with van der Waals surface area (Å²) in [6, 6.07) is 69.9. The molecular formula is C78H76N4. The van der Waals surface area contributed by atoms with Gasteiger partial charge in [0.1, 0.15) is 0 Å². The molecule has 0 aliphatic heterocycles. The molecule has 0 amide bonds. The average Bonchev–Trinajstić information content (AvgIpc) is 2.47. The lowest BCUT2D eigenvalue weighted by Gasteiger charge is -2.61. The Kier molecular flexibility index (Phi) is 11.9. The first-order valence-electron chi connectivity index (χ1n) is 31.6. The zero-order chi connectivity index (χ0) is 54.9. The first-order valence-corrected chi connectivity index (χ1v) is 31.6. The fraction of sp³-hybridized carbons (Fsp3) is 0.346. The van der Waals surface area contributed by atoms with Gasteiger partial charge >= 0.3 is 0 Å². The van der Waals surface area contributed by atoms with Gasteiger partial charge < -0.3 is 0 Å². The van der Waals surface area contributed by atoms with E-state index in [9.17, 15) is 0 Å². The van der Waals surface area contributed by atoms with Crippen LogP contribution in [-0.2, 0) is 5.41 Å². The third-order valence-electron chi connectivity index (χ3n) is 22.9. The molecule has 0 radical (unpaired) electrons.